The van der Waals surface area contributed by atoms with Crippen molar-refractivity contribution < 1.29 is 22.0 Å². The number of hydrogen-bond donors (Lipinski definition) is 1. The van der Waals surface area contributed by atoms with Crippen LogP contribution in [0.5, 0.6) is 0 Å². The minimum atomic E-state index is -3.73. The molecule has 0 saturated carbocycles. The zero-order chi connectivity index (χ0) is 20.3. The molecule has 9 heteroatoms. The minimum Gasteiger partial charge on any atom is -0.352 e. The zero-order valence-electron chi connectivity index (χ0n) is 16.0. The Hall–Kier alpha value is -1.58. The SMILES string of the molecule is Cc1ccc(S(=O)(=O)N2CCC[C@H]2C(=O)NC2CCN(CC(F)F)CC2)cc1. The Morgan fingerprint density at radius 1 is 1.14 bits per heavy atom. The molecule has 3 rings (SSSR count). The maximum absolute atomic E-state index is 13.0. The van der Waals surface area contributed by atoms with E-state index in [2.05, 4.69) is 5.32 Å². The van der Waals surface area contributed by atoms with Gasteiger partial charge in [0.15, 0.2) is 0 Å². The summed E-state index contributed by atoms with van der Waals surface area (Å²) in [6, 6.07) is 5.79. The predicted octanol–water partition coefficient (Wildman–Crippen LogP) is 1.99. The first-order chi connectivity index (χ1) is 13.3. The number of carbonyl (C=O) groups is 1. The van der Waals surface area contributed by atoms with Crippen LogP contribution in [0.15, 0.2) is 29.2 Å². The lowest BCUT2D eigenvalue weighted by Gasteiger charge is -2.33. The van der Waals surface area contributed by atoms with Gasteiger partial charge in [0, 0.05) is 25.7 Å². The van der Waals surface area contributed by atoms with Crippen LogP contribution in [0.2, 0.25) is 0 Å². The van der Waals surface area contributed by atoms with Crippen LogP contribution in [0.3, 0.4) is 0 Å². The number of aryl methyl sites for hydroxylation is 1. The predicted molar refractivity (Wildman–Crippen MR) is 102 cm³/mol. The van der Waals surface area contributed by atoms with Gasteiger partial charge in [0.25, 0.3) is 6.43 Å². The van der Waals surface area contributed by atoms with Gasteiger partial charge in [-0.15, -0.1) is 0 Å². The van der Waals surface area contributed by atoms with Gasteiger partial charge in [-0.25, -0.2) is 17.2 Å². The Morgan fingerprint density at radius 2 is 1.79 bits per heavy atom. The lowest BCUT2D eigenvalue weighted by atomic mass is 10.0. The van der Waals surface area contributed by atoms with E-state index in [4.69, 9.17) is 0 Å². The number of nitrogens with one attached hydrogen (secondary N) is 1. The van der Waals surface area contributed by atoms with Crippen LogP contribution < -0.4 is 5.32 Å². The number of hydrogen-bond acceptors (Lipinski definition) is 4. The third-order valence-corrected chi connectivity index (χ3v) is 7.39. The molecule has 0 spiro atoms. The molecule has 1 N–H and O–H groups in total. The lowest BCUT2D eigenvalue weighted by Crippen LogP contribution is -2.51. The second-order valence-corrected chi connectivity index (χ2v) is 9.45. The van der Waals surface area contributed by atoms with Crippen molar-refractivity contribution in [3.63, 3.8) is 0 Å². The maximum atomic E-state index is 13.0. The molecule has 1 atom stereocenters. The summed E-state index contributed by atoms with van der Waals surface area (Å²) in [7, 11) is -3.73. The van der Waals surface area contributed by atoms with Crippen LogP contribution in [-0.2, 0) is 14.8 Å². The van der Waals surface area contributed by atoms with E-state index in [9.17, 15) is 22.0 Å². The van der Waals surface area contributed by atoms with Crippen LogP contribution >= 0.6 is 0 Å². The number of piperidine rings is 1. The summed E-state index contributed by atoms with van der Waals surface area (Å²) in [4.78, 5) is 14.6. The fourth-order valence-electron chi connectivity index (χ4n) is 3.89. The molecule has 6 nitrogen and oxygen atoms in total. The van der Waals surface area contributed by atoms with Crippen molar-refractivity contribution in [1.82, 2.24) is 14.5 Å². The molecule has 2 aliphatic rings. The summed E-state index contributed by atoms with van der Waals surface area (Å²) in [5, 5.41) is 2.94. The quantitative estimate of drug-likeness (QED) is 0.772. The van der Waals surface area contributed by atoms with E-state index < -0.39 is 22.5 Å². The molecular weight excluding hydrogens is 388 g/mol. The highest BCUT2D eigenvalue weighted by molar-refractivity contribution is 7.89. The van der Waals surface area contributed by atoms with Crippen molar-refractivity contribution in [3.05, 3.63) is 29.8 Å². The minimum absolute atomic E-state index is 0.106. The topological polar surface area (TPSA) is 69.7 Å². The highest BCUT2D eigenvalue weighted by Gasteiger charge is 2.40. The molecule has 1 amide bonds. The van der Waals surface area contributed by atoms with Crippen LogP contribution in [0.25, 0.3) is 0 Å². The number of likely N-dealkylation sites (tertiary alicyclic amines) is 1. The van der Waals surface area contributed by atoms with Gasteiger partial charge in [0.05, 0.1) is 11.4 Å². The van der Waals surface area contributed by atoms with Crippen molar-refractivity contribution >= 4 is 15.9 Å². The molecule has 0 aliphatic carbocycles. The molecule has 2 saturated heterocycles. The van der Waals surface area contributed by atoms with Gasteiger partial charge in [0.1, 0.15) is 6.04 Å². The van der Waals surface area contributed by atoms with Crippen LogP contribution in [0, 0.1) is 6.92 Å². The van der Waals surface area contributed by atoms with Crippen molar-refractivity contribution in [2.24, 2.45) is 0 Å². The summed E-state index contributed by atoms with van der Waals surface area (Å²) in [5.41, 5.74) is 0.966. The molecule has 1 aromatic carbocycles. The van der Waals surface area contributed by atoms with Crippen molar-refractivity contribution in [2.45, 2.75) is 56.0 Å². The van der Waals surface area contributed by atoms with Crippen molar-refractivity contribution in [1.29, 1.82) is 0 Å². The molecule has 2 aliphatic heterocycles. The summed E-state index contributed by atoms with van der Waals surface area (Å²) in [5.74, 6) is -0.291. The van der Waals surface area contributed by atoms with E-state index >= 15 is 0 Å². The lowest BCUT2D eigenvalue weighted by molar-refractivity contribution is -0.125. The van der Waals surface area contributed by atoms with E-state index in [1.54, 1.807) is 29.2 Å². The first kappa shape index (κ1) is 21.1. The average Bonchev–Trinajstić information content (AvgIpc) is 3.14. The van der Waals surface area contributed by atoms with E-state index in [0.717, 1.165) is 5.56 Å². The van der Waals surface area contributed by atoms with E-state index in [1.165, 1.54) is 4.31 Å². The summed E-state index contributed by atoms with van der Waals surface area (Å²) in [6.07, 6.45) is -0.0478. The molecule has 0 radical (unpaired) electrons. The largest absolute Gasteiger partial charge is 0.352 e. The van der Waals surface area contributed by atoms with Gasteiger partial charge in [-0.3, -0.25) is 9.69 Å². The number of rotatable bonds is 6. The van der Waals surface area contributed by atoms with E-state index in [1.807, 2.05) is 6.92 Å². The number of amides is 1. The standard InChI is InChI=1S/C19H27F2N3O3S/c1-14-4-6-16(7-5-14)28(26,27)24-10-2-3-17(24)19(25)22-15-8-11-23(12-9-15)13-18(20)21/h4-7,15,17-18H,2-3,8-13H2,1H3,(H,22,25)/t17-/m0/s1. The zero-order valence-corrected chi connectivity index (χ0v) is 16.8. The molecule has 156 valence electrons. The van der Waals surface area contributed by atoms with Gasteiger partial charge in [0.2, 0.25) is 15.9 Å². The Labute approximate surface area is 164 Å². The van der Waals surface area contributed by atoms with Gasteiger partial charge in [-0.05, 0) is 44.7 Å². The molecule has 1 aromatic rings. The van der Waals surface area contributed by atoms with Crippen molar-refractivity contribution in [3.8, 4) is 0 Å². The van der Waals surface area contributed by atoms with Crippen LogP contribution in [0.4, 0.5) is 8.78 Å². The number of carbonyl (C=O) groups excluding carboxylic acids is 1. The van der Waals surface area contributed by atoms with Crippen LogP contribution in [-0.4, -0.2) is 68.2 Å². The first-order valence-electron chi connectivity index (χ1n) is 9.67. The molecule has 0 aromatic heterocycles. The Bertz CT molecular complexity index is 778. The van der Waals surface area contributed by atoms with E-state index in [-0.39, 0.29) is 23.4 Å². The molecule has 28 heavy (non-hydrogen) atoms. The third kappa shape index (κ3) is 4.87. The highest BCUT2D eigenvalue weighted by atomic mass is 32.2. The summed E-state index contributed by atoms with van der Waals surface area (Å²) >= 11 is 0. The normalized spacial score (nSPS) is 22.6. The fourth-order valence-corrected chi connectivity index (χ4v) is 5.54. The Kier molecular flexibility index (Phi) is 6.67. The third-order valence-electron chi connectivity index (χ3n) is 5.46. The molecule has 0 bridgehead atoms. The number of nitrogens with zero attached hydrogens (tertiary/aromatic N) is 2. The van der Waals surface area contributed by atoms with E-state index in [0.29, 0.717) is 45.3 Å². The van der Waals surface area contributed by atoms with Crippen LogP contribution in [0.1, 0.15) is 31.2 Å². The molecule has 0 unspecified atom stereocenters. The van der Waals surface area contributed by atoms with Gasteiger partial charge < -0.3 is 5.32 Å². The number of alkyl halides is 2. The average molecular weight is 416 g/mol. The van der Waals surface area contributed by atoms with Gasteiger partial charge in [-0.1, -0.05) is 17.7 Å². The Morgan fingerprint density at radius 3 is 2.39 bits per heavy atom. The Balaban J connectivity index is 1.61. The summed E-state index contributed by atoms with van der Waals surface area (Å²) in [6.45, 7) is 2.97. The number of sulfonamides is 1. The molecular formula is C19H27F2N3O3S. The second kappa shape index (κ2) is 8.84. The van der Waals surface area contributed by atoms with Crippen molar-refractivity contribution in [2.75, 3.05) is 26.2 Å². The smallest absolute Gasteiger partial charge is 0.251 e. The molecule has 2 heterocycles. The number of halogens is 2. The van der Waals surface area contributed by atoms with Gasteiger partial charge >= 0.3 is 0 Å². The second-order valence-electron chi connectivity index (χ2n) is 7.56. The summed E-state index contributed by atoms with van der Waals surface area (Å²) < 4.78 is 52.2. The monoisotopic (exact) mass is 415 g/mol. The maximum Gasteiger partial charge on any atom is 0.251 e. The number of benzene rings is 1. The fraction of sp³-hybridized carbons (Fsp3) is 0.632. The first-order valence-corrected chi connectivity index (χ1v) is 11.1. The highest BCUT2D eigenvalue weighted by Crippen LogP contribution is 2.27. The van der Waals surface area contributed by atoms with Gasteiger partial charge in [-0.2, -0.15) is 4.31 Å². The molecule has 2 fully saturated rings.